The summed E-state index contributed by atoms with van der Waals surface area (Å²) in [4.78, 5) is 0. The van der Waals surface area contributed by atoms with Gasteiger partial charge in [0.15, 0.2) is 0 Å². The molecule has 70 valence electrons. The number of nitrogens with one attached hydrogen (secondary N) is 2. The number of aliphatic hydroxyl groups excluding tert-OH is 1. The van der Waals surface area contributed by atoms with Crippen LogP contribution in [-0.2, 0) is 0 Å². The molecule has 0 aliphatic carbocycles. The maximum atomic E-state index is 9.36. The smallest absolute Gasteiger partial charge is 0.130 e. The number of hydrogen-bond acceptors (Lipinski definition) is 3. The lowest BCUT2D eigenvalue weighted by molar-refractivity contribution is 0.149. The third-order valence-corrected chi connectivity index (χ3v) is 1.81. The van der Waals surface area contributed by atoms with Crippen LogP contribution in [0, 0.1) is 5.41 Å². The Kier molecular flexibility index (Phi) is 3.00. The van der Waals surface area contributed by atoms with Gasteiger partial charge in [-0.3, -0.25) is 10.7 Å². The normalized spacial score (nSPS) is 12.5. The molecule has 1 rings (SSSR count). The fourth-order valence-electron chi connectivity index (χ4n) is 1.01. The van der Waals surface area contributed by atoms with E-state index in [1.54, 1.807) is 31.3 Å². The van der Waals surface area contributed by atoms with Gasteiger partial charge in [-0.15, -0.1) is 0 Å². The lowest BCUT2D eigenvalue weighted by atomic mass is 10.1. The van der Waals surface area contributed by atoms with Crippen LogP contribution < -0.4 is 11.1 Å². The zero-order chi connectivity index (χ0) is 9.84. The second-order valence-corrected chi connectivity index (χ2v) is 2.73. The minimum absolute atomic E-state index is 0.0329. The van der Waals surface area contributed by atoms with Crippen LogP contribution in [0.2, 0.25) is 0 Å². The van der Waals surface area contributed by atoms with Crippen molar-refractivity contribution >= 4 is 5.84 Å². The molecule has 0 saturated carbocycles. The van der Waals surface area contributed by atoms with Crippen LogP contribution in [0.3, 0.4) is 0 Å². The Balaban J connectivity index is 2.87. The van der Waals surface area contributed by atoms with Crippen LogP contribution in [0.25, 0.3) is 0 Å². The molecular formula is C9H13N3O. The number of aliphatic hydroxyl groups is 1. The van der Waals surface area contributed by atoms with Gasteiger partial charge >= 0.3 is 0 Å². The lowest BCUT2D eigenvalue weighted by Crippen LogP contribution is -2.16. The summed E-state index contributed by atoms with van der Waals surface area (Å²) < 4.78 is 0. The van der Waals surface area contributed by atoms with E-state index in [0.29, 0.717) is 5.56 Å². The molecule has 0 spiro atoms. The van der Waals surface area contributed by atoms with E-state index < -0.39 is 6.23 Å². The summed E-state index contributed by atoms with van der Waals surface area (Å²) >= 11 is 0. The molecule has 0 aromatic heterocycles. The Morgan fingerprint density at radius 2 is 2.00 bits per heavy atom. The van der Waals surface area contributed by atoms with Gasteiger partial charge in [0, 0.05) is 5.56 Å². The van der Waals surface area contributed by atoms with Crippen molar-refractivity contribution in [3.63, 3.8) is 0 Å². The molecule has 1 atom stereocenters. The Morgan fingerprint density at radius 1 is 1.46 bits per heavy atom. The van der Waals surface area contributed by atoms with Crippen molar-refractivity contribution in [3.8, 4) is 0 Å². The van der Waals surface area contributed by atoms with E-state index >= 15 is 0 Å². The first kappa shape index (κ1) is 9.70. The molecule has 0 heterocycles. The van der Waals surface area contributed by atoms with E-state index in [1.165, 1.54) is 0 Å². The molecule has 4 nitrogen and oxygen atoms in total. The predicted molar refractivity (Wildman–Crippen MR) is 51.5 cm³/mol. The fraction of sp³-hybridized carbons (Fsp3) is 0.222. The monoisotopic (exact) mass is 179 g/mol. The highest BCUT2D eigenvalue weighted by Gasteiger charge is 2.03. The van der Waals surface area contributed by atoms with Crippen molar-refractivity contribution in [2.75, 3.05) is 7.05 Å². The molecule has 0 aliphatic heterocycles. The highest BCUT2D eigenvalue weighted by molar-refractivity contribution is 5.94. The van der Waals surface area contributed by atoms with Gasteiger partial charge in [0.1, 0.15) is 12.1 Å². The summed E-state index contributed by atoms with van der Waals surface area (Å²) in [5.41, 5.74) is 6.69. The molecule has 4 heteroatoms. The lowest BCUT2D eigenvalue weighted by Gasteiger charge is -2.09. The molecule has 0 amide bonds. The fourth-order valence-corrected chi connectivity index (χ4v) is 1.01. The van der Waals surface area contributed by atoms with Gasteiger partial charge in [-0.1, -0.05) is 24.3 Å². The molecule has 0 saturated heterocycles. The first-order valence-electron chi connectivity index (χ1n) is 3.95. The van der Waals surface area contributed by atoms with Gasteiger partial charge < -0.3 is 10.8 Å². The van der Waals surface area contributed by atoms with E-state index in [4.69, 9.17) is 11.1 Å². The van der Waals surface area contributed by atoms with Crippen molar-refractivity contribution in [1.29, 1.82) is 5.41 Å². The van der Waals surface area contributed by atoms with Gasteiger partial charge in [0.25, 0.3) is 0 Å². The van der Waals surface area contributed by atoms with Gasteiger partial charge in [-0.05, 0) is 12.6 Å². The van der Waals surface area contributed by atoms with Crippen molar-refractivity contribution in [2.45, 2.75) is 6.23 Å². The Labute approximate surface area is 76.9 Å². The summed E-state index contributed by atoms with van der Waals surface area (Å²) in [6.07, 6.45) is -0.666. The Bertz CT molecular complexity index is 294. The summed E-state index contributed by atoms with van der Waals surface area (Å²) in [5, 5.41) is 19.2. The van der Waals surface area contributed by atoms with Crippen LogP contribution in [0.1, 0.15) is 17.4 Å². The molecule has 1 unspecified atom stereocenters. The Hall–Kier alpha value is -1.39. The number of nitrogen functional groups attached to an aromatic ring is 1. The third-order valence-electron chi connectivity index (χ3n) is 1.81. The Morgan fingerprint density at radius 3 is 2.38 bits per heavy atom. The first-order chi connectivity index (χ1) is 6.15. The largest absolute Gasteiger partial charge is 0.384 e. The first-order valence-corrected chi connectivity index (χ1v) is 3.95. The zero-order valence-corrected chi connectivity index (χ0v) is 7.41. The van der Waals surface area contributed by atoms with E-state index in [1.807, 2.05) is 0 Å². The highest BCUT2D eigenvalue weighted by Crippen LogP contribution is 2.10. The summed E-state index contributed by atoms with van der Waals surface area (Å²) in [6.45, 7) is 0. The number of benzene rings is 1. The molecule has 0 fully saturated rings. The van der Waals surface area contributed by atoms with E-state index in [2.05, 4.69) is 5.32 Å². The van der Waals surface area contributed by atoms with Gasteiger partial charge in [-0.25, -0.2) is 0 Å². The maximum Gasteiger partial charge on any atom is 0.130 e. The molecule has 5 N–H and O–H groups in total. The molecule has 0 bridgehead atoms. The number of amidine groups is 1. The average Bonchev–Trinajstić information content (AvgIpc) is 2.17. The SMILES string of the molecule is CNC(O)c1ccc(C(=N)N)cc1. The topological polar surface area (TPSA) is 82.1 Å². The zero-order valence-electron chi connectivity index (χ0n) is 7.41. The van der Waals surface area contributed by atoms with Gasteiger partial charge in [0.05, 0.1) is 0 Å². The quantitative estimate of drug-likeness (QED) is 0.303. The standard InChI is InChI=1S/C9H13N3O/c1-12-9(13)7-4-2-6(3-5-7)8(10)11/h2-5,9,12-13H,1H3,(H3,10,11). The van der Waals surface area contributed by atoms with Crippen LogP contribution in [0.5, 0.6) is 0 Å². The van der Waals surface area contributed by atoms with Crippen LogP contribution in [0.4, 0.5) is 0 Å². The maximum absolute atomic E-state index is 9.36. The van der Waals surface area contributed by atoms with Crippen LogP contribution >= 0.6 is 0 Å². The van der Waals surface area contributed by atoms with Crippen molar-refractivity contribution in [3.05, 3.63) is 35.4 Å². The summed E-state index contributed by atoms with van der Waals surface area (Å²) in [7, 11) is 1.67. The molecule has 0 radical (unpaired) electrons. The highest BCUT2D eigenvalue weighted by atomic mass is 16.3. The van der Waals surface area contributed by atoms with E-state index in [9.17, 15) is 5.11 Å². The molecule has 1 aromatic rings. The second kappa shape index (κ2) is 4.02. The summed E-state index contributed by atoms with van der Waals surface area (Å²) in [5.74, 6) is 0.0329. The minimum atomic E-state index is -0.666. The van der Waals surface area contributed by atoms with E-state index in [0.717, 1.165) is 5.56 Å². The van der Waals surface area contributed by atoms with Crippen molar-refractivity contribution in [2.24, 2.45) is 5.73 Å². The number of nitrogens with two attached hydrogens (primary N) is 1. The summed E-state index contributed by atoms with van der Waals surface area (Å²) in [6, 6.07) is 6.88. The predicted octanol–water partition coefficient (Wildman–Crippen LogP) is 0.181. The molecule has 13 heavy (non-hydrogen) atoms. The van der Waals surface area contributed by atoms with Crippen LogP contribution in [-0.4, -0.2) is 18.0 Å². The van der Waals surface area contributed by atoms with E-state index in [-0.39, 0.29) is 5.84 Å². The molecule has 1 aromatic carbocycles. The van der Waals surface area contributed by atoms with Crippen molar-refractivity contribution in [1.82, 2.24) is 5.32 Å². The average molecular weight is 179 g/mol. The van der Waals surface area contributed by atoms with Gasteiger partial charge in [-0.2, -0.15) is 0 Å². The minimum Gasteiger partial charge on any atom is -0.384 e. The number of hydrogen-bond donors (Lipinski definition) is 4. The third kappa shape index (κ3) is 2.27. The second-order valence-electron chi connectivity index (χ2n) is 2.73. The van der Waals surface area contributed by atoms with Crippen LogP contribution in [0.15, 0.2) is 24.3 Å². The van der Waals surface area contributed by atoms with Crippen molar-refractivity contribution < 1.29 is 5.11 Å². The van der Waals surface area contributed by atoms with Gasteiger partial charge in [0.2, 0.25) is 0 Å². The molecular weight excluding hydrogens is 166 g/mol. The molecule has 0 aliphatic rings. The number of rotatable bonds is 3.